The lowest BCUT2D eigenvalue weighted by molar-refractivity contribution is 0.194. The lowest BCUT2D eigenvalue weighted by Crippen LogP contribution is -2.37. The molecular weight excluding hydrogens is 425 g/mol. The van der Waals surface area contributed by atoms with Gasteiger partial charge >= 0.3 is 6.03 Å². The lowest BCUT2D eigenvalue weighted by Gasteiger charge is -2.31. The van der Waals surface area contributed by atoms with Crippen molar-refractivity contribution in [3.05, 3.63) is 118 Å². The summed E-state index contributed by atoms with van der Waals surface area (Å²) >= 11 is 6.14. The van der Waals surface area contributed by atoms with Gasteiger partial charge in [-0.3, -0.25) is 0 Å². The van der Waals surface area contributed by atoms with E-state index in [0.29, 0.717) is 22.8 Å². The summed E-state index contributed by atoms with van der Waals surface area (Å²) in [6.07, 6.45) is 2.01. The minimum atomic E-state index is -0.357. The third-order valence-electron chi connectivity index (χ3n) is 5.83. The van der Waals surface area contributed by atoms with E-state index >= 15 is 0 Å². The van der Waals surface area contributed by atoms with Crippen molar-refractivity contribution < 1.29 is 9.18 Å². The summed E-state index contributed by atoms with van der Waals surface area (Å²) < 4.78 is 16.2. The van der Waals surface area contributed by atoms with Crippen molar-refractivity contribution in [3.8, 4) is 5.69 Å². The molecule has 0 spiro atoms. The summed E-state index contributed by atoms with van der Waals surface area (Å²) in [6, 6.07) is 23.6. The molecule has 1 atom stereocenters. The van der Waals surface area contributed by atoms with E-state index < -0.39 is 0 Å². The number of halogens is 2. The molecule has 4 aromatic rings. The van der Waals surface area contributed by atoms with E-state index in [1.54, 1.807) is 24.0 Å². The van der Waals surface area contributed by atoms with Crippen LogP contribution in [-0.2, 0) is 6.54 Å². The monoisotopic (exact) mass is 445 g/mol. The van der Waals surface area contributed by atoms with E-state index in [0.717, 1.165) is 22.5 Å². The van der Waals surface area contributed by atoms with Gasteiger partial charge in [0.25, 0.3) is 0 Å². The highest BCUT2D eigenvalue weighted by Gasteiger charge is 2.33. The average Bonchev–Trinajstić information content (AvgIpc) is 3.21. The van der Waals surface area contributed by atoms with Crippen molar-refractivity contribution >= 4 is 23.3 Å². The number of hydrogen-bond donors (Lipinski definition) is 1. The normalized spacial score (nSPS) is 15.0. The zero-order chi connectivity index (χ0) is 22.2. The fourth-order valence-corrected chi connectivity index (χ4v) is 4.33. The standard InChI is InChI=1S/C26H21ClFN3O/c1-17-8-13-21(15-22(17)28)29-26(32)31-16-19-5-2-3-6-23(19)30-14-4-7-24(30)25(31)18-9-11-20(27)12-10-18/h2-15,25H,16H2,1H3,(H,29,32)/t25-/m1/s1. The van der Waals surface area contributed by atoms with E-state index in [9.17, 15) is 9.18 Å². The summed E-state index contributed by atoms with van der Waals surface area (Å²) in [5.74, 6) is -0.355. The number of carbonyl (C=O) groups is 1. The number of rotatable bonds is 2. The van der Waals surface area contributed by atoms with E-state index in [2.05, 4.69) is 16.0 Å². The number of carbonyl (C=O) groups excluding carboxylic acids is 1. The van der Waals surface area contributed by atoms with Gasteiger partial charge in [0.1, 0.15) is 5.82 Å². The van der Waals surface area contributed by atoms with Crippen molar-refractivity contribution in [1.29, 1.82) is 0 Å². The number of aromatic nitrogens is 1. The van der Waals surface area contributed by atoms with Crippen molar-refractivity contribution in [2.75, 3.05) is 5.32 Å². The van der Waals surface area contributed by atoms with Crippen molar-refractivity contribution in [2.24, 2.45) is 0 Å². The molecule has 4 nitrogen and oxygen atoms in total. The molecule has 32 heavy (non-hydrogen) atoms. The molecule has 160 valence electrons. The Kier molecular flexibility index (Phi) is 5.19. The van der Waals surface area contributed by atoms with Gasteiger partial charge in [-0.2, -0.15) is 0 Å². The lowest BCUT2D eigenvalue weighted by atomic mass is 10.0. The Bertz CT molecular complexity index is 1300. The molecule has 1 aliphatic heterocycles. The average molecular weight is 446 g/mol. The van der Waals surface area contributed by atoms with Crippen LogP contribution in [0, 0.1) is 12.7 Å². The number of anilines is 1. The Morgan fingerprint density at radius 2 is 1.81 bits per heavy atom. The minimum Gasteiger partial charge on any atom is -0.318 e. The van der Waals surface area contributed by atoms with Crippen LogP contribution in [0.5, 0.6) is 0 Å². The van der Waals surface area contributed by atoms with Crippen LogP contribution in [0.25, 0.3) is 5.69 Å². The molecule has 6 heteroatoms. The fraction of sp³-hybridized carbons (Fsp3) is 0.115. The summed E-state index contributed by atoms with van der Waals surface area (Å²) in [7, 11) is 0. The van der Waals surface area contributed by atoms with Crippen LogP contribution >= 0.6 is 11.6 Å². The third-order valence-corrected chi connectivity index (χ3v) is 6.09. The summed E-state index contributed by atoms with van der Waals surface area (Å²) in [4.78, 5) is 15.3. The van der Waals surface area contributed by atoms with Crippen LogP contribution in [0.2, 0.25) is 5.02 Å². The molecule has 0 radical (unpaired) electrons. The first-order chi connectivity index (χ1) is 15.5. The maximum Gasteiger partial charge on any atom is 0.322 e. The van der Waals surface area contributed by atoms with Crippen LogP contribution in [0.3, 0.4) is 0 Å². The zero-order valence-corrected chi connectivity index (χ0v) is 18.2. The van der Waals surface area contributed by atoms with Crippen LogP contribution in [-0.4, -0.2) is 15.5 Å². The van der Waals surface area contributed by atoms with Crippen LogP contribution in [0.15, 0.2) is 85.1 Å². The van der Waals surface area contributed by atoms with Crippen molar-refractivity contribution in [3.63, 3.8) is 0 Å². The van der Waals surface area contributed by atoms with Gasteiger partial charge in [0.15, 0.2) is 0 Å². The second-order valence-electron chi connectivity index (χ2n) is 7.91. The smallest absolute Gasteiger partial charge is 0.318 e. The largest absolute Gasteiger partial charge is 0.322 e. The Hall–Kier alpha value is -3.57. The number of amides is 2. The van der Waals surface area contributed by atoms with Gasteiger partial charge < -0.3 is 14.8 Å². The Morgan fingerprint density at radius 1 is 1.03 bits per heavy atom. The highest BCUT2D eigenvalue weighted by Crippen LogP contribution is 2.37. The molecule has 1 aliphatic rings. The number of para-hydroxylation sites is 1. The molecule has 0 aliphatic carbocycles. The number of aryl methyl sites for hydroxylation is 1. The first-order valence-corrected chi connectivity index (χ1v) is 10.7. The molecule has 2 heterocycles. The molecule has 1 aromatic heterocycles. The number of urea groups is 1. The predicted molar refractivity (Wildman–Crippen MR) is 125 cm³/mol. The van der Waals surface area contributed by atoms with Crippen LogP contribution in [0.1, 0.15) is 28.4 Å². The number of nitrogens with zero attached hydrogens (tertiary/aromatic N) is 2. The number of nitrogens with one attached hydrogen (secondary N) is 1. The van der Waals surface area contributed by atoms with Gasteiger partial charge in [-0.15, -0.1) is 0 Å². The highest BCUT2D eigenvalue weighted by atomic mass is 35.5. The Labute approximate surface area is 190 Å². The van der Waals surface area contributed by atoms with E-state index in [1.165, 1.54) is 6.07 Å². The van der Waals surface area contributed by atoms with Gasteiger partial charge in [-0.1, -0.05) is 48.0 Å². The fourth-order valence-electron chi connectivity index (χ4n) is 4.20. The first-order valence-electron chi connectivity index (χ1n) is 10.4. The summed E-state index contributed by atoms with van der Waals surface area (Å²) in [5.41, 5.74) is 4.90. The molecule has 2 amide bonds. The predicted octanol–water partition coefficient (Wildman–Crippen LogP) is 6.72. The number of hydrogen-bond acceptors (Lipinski definition) is 1. The SMILES string of the molecule is Cc1ccc(NC(=O)N2Cc3ccccc3-n3cccc3[C@H]2c2ccc(Cl)cc2)cc1F. The van der Waals surface area contributed by atoms with Crippen molar-refractivity contribution in [1.82, 2.24) is 9.47 Å². The Morgan fingerprint density at radius 3 is 2.59 bits per heavy atom. The molecule has 0 bridgehead atoms. The maximum absolute atomic E-state index is 14.1. The van der Waals surface area contributed by atoms with E-state index in [-0.39, 0.29) is 17.9 Å². The zero-order valence-electron chi connectivity index (χ0n) is 17.4. The van der Waals surface area contributed by atoms with E-state index in [4.69, 9.17) is 11.6 Å². The number of fused-ring (bicyclic) bond motifs is 3. The van der Waals surface area contributed by atoms with Gasteiger partial charge in [0.2, 0.25) is 0 Å². The van der Waals surface area contributed by atoms with Gasteiger partial charge in [0.05, 0.1) is 18.3 Å². The maximum atomic E-state index is 14.1. The van der Waals surface area contributed by atoms with Gasteiger partial charge in [0, 0.05) is 22.6 Å². The molecular formula is C26H21ClFN3O. The van der Waals surface area contributed by atoms with Crippen LogP contribution < -0.4 is 5.32 Å². The molecule has 5 rings (SSSR count). The minimum absolute atomic E-state index is 0.308. The Balaban J connectivity index is 1.61. The molecule has 0 saturated heterocycles. The summed E-state index contributed by atoms with van der Waals surface area (Å²) in [5, 5.41) is 3.52. The van der Waals surface area contributed by atoms with E-state index in [1.807, 2.05) is 60.8 Å². The second kappa shape index (κ2) is 8.17. The van der Waals surface area contributed by atoms with Gasteiger partial charge in [-0.25, -0.2) is 9.18 Å². The number of benzene rings is 3. The first kappa shape index (κ1) is 20.3. The quantitative estimate of drug-likeness (QED) is 0.365. The molecule has 0 fully saturated rings. The highest BCUT2D eigenvalue weighted by molar-refractivity contribution is 6.30. The molecule has 0 saturated carbocycles. The molecule has 1 N–H and O–H groups in total. The van der Waals surface area contributed by atoms with Gasteiger partial charge in [-0.05, 0) is 66.1 Å². The summed E-state index contributed by atoms with van der Waals surface area (Å²) in [6.45, 7) is 2.09. The third kappa shape index (κ3) is 3.65. The van der Waals surface area contributed by atoms with Crippen LogP contribution in [0.4, 0.5) is 14.9 Å². The second-order valence-corrected chi connectivity index (χ2v) is 8.34. The molecule has 3 aromatic carbocycles. The van der Waals surface area contributed by atoms with Crippen molar-refractivity contribution in [2.45, 2.75) is 19.5 Å². The topological polar surface area (TPSA) is 37.3 Å². The molecule has 0 unspecified atom stereocenters.